The number of fused-ring (bicyclic) bond motifs is 3. The highest BCUT2D eigenvalue weighted by Crippen LogP contribution is 2.43. The van der Waals surface area contributed by atoms with Crippen molar-refractivity contribution >= 4 is 45.5 Å². The van der Waals surface area contributed by atoms with Gasteiger partial charge in [-0.2, -0.15) is 0 Å². The van der Waals surface area contributed by atoms with E-state index in [1.165, 1.54) is 23.5 Å². The Morgan fingerprint density at radius 2 is 0.966 bits per heavy atom. The lowest BCUT2D eigenvalue weighted by atomic mass is 10.1. The monoisotopic (exact) mass is 416 g/mol. The highest BCUT2D eigenvalue weighted by molar-refractivity contribution is 7.99. The average Bonchev–Trinajstić information content (AvgIpc) is 3.06. The van der Waals surface area contributed by atoms with Gasteiger partial charge in [-0.3, -0.25) is 0 Å². The molecule has 0 radical (unpaired) electrons. The van der Waals surface area contributed by atoms with Crippen LogP contribution in [-0.4, -0.2) is 10.2 Å². The third-order valence-electron chi connectivity index (χ3n) is 4.57. The molecule has 0 amide bonds. The van der Waals surface area contributed by atoms with Crippen molar-refractivity contribution in [3.8, 4) is 11.5 Å². The molecule has 0 fully saturated rings. The highest BCUT2D eigenvalue weighted by Gasteiger charge is 2.15. The number of phenols is 2. The van der Waals surface area contributed by atoms with Crippen LogP contribution in [0.5, 0.6) is 11.5 Å². The molecule has 5 heteroatoms. The van der Waals surface area contributed by atoms with Crippen molar-refractivity contribution in [3.63, 3.8) is 0 Å². The van der Waals surface area contributed by atoms with Crippen molar-refractivity contribution in [2.24, 2.45) is 0 Å². The first kappa shape index (κ1) is 18.0. The van der Waals surface area contributed by atoms with Crippen molar-refractivity contribution in [2.45, 2.75) is 19.6 Å². The second-order valence-corrected chi connectivity index (χ2v) is 8.80. The number of aromatic hydroxyl groups is 2. The van der Waals surface area contributed by atoms with Crippen LogP contribution in [0.3, 0.4) is 0 Å². The first-order valence-corrected chi connectivity index (χ1v) is 10.7. The van der Waals surface area contributed by atoms with Crippen LogP contribution in [-0.2, 0) is 0 Å². The summed E-state index contributed by atoms with van der Waals surface area (Å²) in [5, 5.41) is 22.6. The van der Waals surface area contributed by atoms with Gasteiger partial charge in [0.2, 0.25) is 0 Å². The highest BCUT2D eigenvalue weighted by atomic mass is 32.2. The first-order valence-electron chi connectivity index (χ1n) is 9.05. The molecule has 142 valence electrons. The molecule has 0 aliphatic heterocycles. The van der Waals surface area contributed by atoms with Crippen LogP contribution in [0.25, 0.3) is 21.9 Å². The Labute approximate surface area is 176 Å². The van der Waals surface area contributed by atoms with E-state index in [9.17, 15) is 10.2 Å². The van der Waals surface area contributed by atoms with Gasteiger partial charge in [-0.15, -0.1) is 0 Å². The zero-order valence-electron chi connectivity index (χ0n) is 15.2. The summed E-state index contributed by atoms with van der Waals surface area (Å²) in [6, 6.07) is 26.9. The Bertz CT molecular complexity index is 1210. The molecule has 0 saturated carbocycles. The standard InChI is InChI=1S/C24H16O3S2/c25-19-11-17-18-12-20(26)24(29-16-9-5-2-6-10-16)14-22(18)27-21(17)13-23(19)28-15-7-3-1-4-8-15/h1-14,25-26H. The van der Waals surface area contributed by atoms with Crippen molar-refractivity contribution in [1.29, 1.82) is 0 Å². The molecule has 1 heterocycles. The van der Waals surface area contributed by atoms with E-state index in [2.05, 4.69) is 0 Å². The summed E-state index contributed by atoms with van der Waals surface area (Å²) in [7, 11) is 0. The van der Waals surface area contributed by atoms with Gasteiger partial charge >= 0.3 is 0 Å². The molecule has 3 nitrogen and oxygen atoms in total. The van der Waals surface area contributed by atoms with Gasteiger partial charge in [0.1, 0.15) is 22.7 Å². The van der Waals surface area contributed by atoms with Crippen molar-refractivity contribution in [1.82, 2.24) is 0 Å². The summed E-state index contributed by atoms with van der Waals surface area (Å²) in [6.07, 6.45) is 0. The van der Waals surface area contributed by atoms with E-state index in [1.54, 1.807) is 12.1 Å². The van der Waals surface area contributed by atoms with Gasteiger partial charge in [0.15, 0.2) is 0 Å². The Balaban J connectivity index is 1.57. The second kappa shape index (κ2) is 7.43. The number of hydrogen-bond donors (Lipinski definition) is 2. The average molecular weight is 417 g/mol. The summed E-state index contributed by atoms with van der Waals surface area (Å²) in [4.78, 5) is 3.53. The minimum absolute atomic E-state index is 0.191. The van der Waals surface area contributed by atoms with E-state index < -0.39 is 0 Å². The Hall–Kier alpha value is -3.02. The van der Waals surface area contributed by atoms with Crippen LogP contribution >= 0.6 is 23.5 Å². The van der Waals surface area contributed by atoms with E-state index in [0.29, 0.717) is 11.2 Å². The van der Waals surface area contributed by atoms with Gasteiger partial charge in [-0.05, 0) is 48.5 Å². The Kier molecular flexibility index (Phi) is 4.62. The SMILES string of the molecule is Oc1cc2c(cc1Sc1ccccc1)oc1cc(Sc3ccccc3)c(O)cc12. The summed E-state index contributed by atoms with van der Waals surface area (Å²) in [6.45, 7) is 0. The molecule has 1 aromatic heterocycles. The summed E-state index contributed by atoms with van der Waals surface area (Å²) < 4.78 is 6.07. The van der Waals surface area contributed by atoms with Gasteiger partial charge in [0, 0.05) is 20.6 Å². The minimum atomic E-state index is 0.191. The van der Waals surface area contributed by atoms with Gasteiger partial charge in [0.05, 0.1) is 9.79 Å². The van der Waals surface area contributed by atoms with Crippen LogP contribution in [0.4, 0.5) is 0 Å². The molecule has 4 aromatic carbocycles. The van der Waals surface area contributed by atoms with E-state index >= 15 is 0 Å². The van der Waals surface area contributed by atoms with Crippen LogP contribution in [0.1, 0.15) is 0 Å². The molecule has 0 bridgehead atoms. The normalized spacial score (nSPS) is 11.3. The summed E-state index contributed by atoms with van der Waals surface area (Å²) >= 11 is 2.97. The van der Waals surface area contributed by atoms with Crippen molar-refractivity contribution in [3.05, 3.63) is 84.9 Å². The van der Waals surface area contributed by atoms with E-state index in [4.69, 9.17) is 4.42 Å². The van der Waals surface area contributed by atoms with Crippen LogP contribution in [0, 0.1) is 0 Å². The minimum Gasteiger partial charge on any atom is -0.507 e. The van der Waals surface area contributed by atoms with E-state index in [1.807, 2.05) is 72.8 Å². The zero-order valence-corrected chi connectivity index (χ0v) is 16.8. The fourth-order valence-electron chi connectivity index (χ4n) is 3.20. The molecule has 5 aromatic rings. The van der Waals surface area contributed by atoms with Crippen molar-refractivity contribution < 1.29 is 14.6 Å². The zero-order chi connectivity index (χ0) is 19.8. The van der Waals surface area contributed by atoms with E-state index in [-0.39, 0.29) is 11.5 Å². The molecule has 0 aliphatic carbocycles. The number of rotatable bonds is 4. The van der Waals surface area contributed by atoms with Gasteiger partial charge in [0.25, 0.3) is 0 Å². The fraction of sp³-hybridized carbons (Fsp3) is 0. The van der Waals surface area contributed by atoms with Crippen LogP contribution < -0.4 is 0 Å². The number of furan rings is 1. The van der Waals surface area contributed by atoms with Crippen LogP contribution in [0.2, 0.25) is 0 Å². The second-order valence-electron chi connectivity index (χ2n) is 6.56. The maximum atomic E-state index is 10.5. The number of hydrogen-bond acceptors (Lipinski definition) is 5. The topological polar surface area (TPSA) is 53.6 Å². The maximum Gasteiger partial charge on any atom is 0.136 e. The smallest absolute Gasteiger partial charge is 0.136 e. The van der Waals surface area contributed by atoms with Gasteiger partial charge < -0.3 is 14.6 Å². The third kappa shape index (κ3) is 3.55. The van der Waals surface area contributed by atoms with Crippen molar-refractivity contribution in [2.75, 3.05) is 0 Å². The Morgan fingerprint density at radius 3 is 1.38 bits per heavy atom. The number of benzene rings is 4. The van der Waals surface area contributed by atoms with Gasteiger partial charge in [-0.25, -0.2) is 0 Å². The molecular weight excluding hydrogens is 400 g/mol. The summed E-state index contributed by atoms with van der Waals surface area (Å²) in [5.41, 5.74) is 1.36. The largest absolute Gasteiger partial charge is 0.507 e. The first-order chi connectivity index (χ1) is 14.2. The molecule has 0 spiro atoms. The molecule has 0 unspecified atom stereocenters. The molecule has 0 saturated heterocycles. The molecule has 0 atom stereocenters. The third-order valence-corrected chi connectivity index (χ3v) is 6.68. The molecule has 29 heavy (non-hydrogen) atoms. The predicted octanol–water partition coefficient (Wildman–Crippen LogP) is 7.30. The Morgan fingerprint density at radius 1 is 0.552 bits per heavy atom. The molecular formula is C24H16O3S2. The lowest BCUT2D eigenvalue weighted by molar-refractivity contribution is 0.462. The molecule has 5 rings (SSSR count). The van der Waals surface area contributed by atoms with E-state index in [0.717, 1.165) is 30.4 Å². The summed E-state index contributed by atoms with van der Waals surface area (Å²) in [5.74, 6) is 0.382. The molecule has 0 aliphatic rings. The van der Waals surface area contributed by atoms with Crippen LogP contribution in [0.15, 0.2) is 109 Å². The molecule has 2 N–H and O–H groups in total. The van der Waals surface area contributed by atoms with Gasteiger partial charge in [-0.1, -0.05) is 59.9 Å². The quantitative estimate of drug-likeness (QED) is 0.322. The lowest BCUT2D eigenvalue weighted by Crippen LogP contribution is -1.77. The number of phenolic OH excluding ortho intramolecular Hbond substituents is 2. The fourth-order valence-corrected chi connectivity index (χ4v) is 4.96. The lowest BCUT2D eigenvalue weighted by Gasteiger charge is -2.05. The maximum absolute atomic E-state index is 10.5. The predicted molar refractivity (Wildman–Crippen MR) is 118 cm³/mol.